The number of nitrogens with zero attached hydrogens (tertiary/aromatic N) is 1. The van der Waals surface area contributed by atoms with Gasteiger partial charge in [-0.3, -0.25) is 9.52 Å². The molecular weight excluding hydrogens is 385 g/mol. The van der Waals surface area contributed by atoms with Gasteiger partial charge < -0.3 is 9.73 Å². The standard InChI is InChI=1S/C19H20FN3O4S/c1-4-11-10-14-15(18(24)21-3)16(12-6-8-13(20)9-7-12)27-19(14)22-17(11)23-28(25,26)5-2/h6-10H,4-5H2,1-3H3,(H,21,24)(H,22,23). The van der Waals surface area contributed by atoms with Crippen LogP contribution in [0.1, 0.15) is 29.8 Å². The second kappa shape index (κ2) is 7.59. The zero-order valence-corrected chi connectivity index (χ0v) is 16.5. The van der Waals surface area contributed by atoms with Crippen molar-refractivity contribution < 1.29 is 22.0 Å². The van der Waals surface area contributed by atoms with Crippen molar-refractivity contribution in [3.63, 3.8) is 0 Å². The van der Waals surface area contributed by atoms with Crippen LogP contribution in [0.2, 0.25) is 0 Å². The molecule has 2 aromatic heterocycles. The first-order chi connectivity index (χ1) is 13.3. The molecule has 0 aliphatic rings. The van der Waals surface area contributed by atoms with Crippen molar-refractivity contribution in [3.05, 3.63) is 47.3 Å². The number of hydrogen-bond acceptors (Lipinski definition) is 5. The summed E-state index contributed by atoms with van der Waals surface area (Å²) in [6.07, 6.45) is 0.495. The third kappa shape index (κ3) is 3.70. The van der Waals surface area contributed by atoms with E-state index in [9.17, 15) is 17.6 Å². The van der Waals surface area contributed by atoms with E-state index in [4.69, 9.17) is 4.42 Å². The predicted octanol–water partition coefficient (Wildman–Crippen LogP) is 3.32. The Kier molecular flexibility index (Phi) is 5.37. The van der Waals surface area contributed by atoms with E-state index < -0.39 is 15.8 Å². The molecule has 0 bridgehead atoms. The summed E-state index contributed by atoms with van der Waals surface area (Å²) in [7, 11) is -2.04. The summed E-state index contributed by atoms with van der Waals surface area (Å²) in [5, 5.41) is 3.02. The SMILES string of the molecule is CCc1cc2c(C(=O)NC)c(-c3ccc(F)cc3)oc2nc1NS(=O)(=O)CC. The number of halogens is 1. The first-order valence-electron chi connectivity index (χ1n) is 8.74. The van der Waals surface area contributed by atoms with Crippen LogP contribution in [-0.2, 0) is 16.4 Å². The van der Waals surface area contributed by atoms with Crippen LogP contribution >= 0.6 is 0 Å². The second-order valence-electron chi connectivity index (χ2n) is 6.10. The number of aryl methyl sites for hydroxylation is 1. The highest BCUT2D eigenvalue weighted by molar-refractivity contribution is 7.92. The van der Waals surface area contributed by atoms with Gasteiger partial charge in [-0.05, 0) is 49.2 Å². The monoisotopic (exact) mass is 405 g/mol. The quantitative estimate of drug-likeness (QED) is 0.655. The van der Waals surface area contributed by atoms with E-state index in [1.807, 2.05) is 6.92 Å². The molecule has 2 N–H and O–H groups in total. The van der Waals surface area contributed by atoms with Crippen molar-refractivity contribution in [2.45, 2.75) is 20.3 Å². The van der Waals surface area contributed by atoms with E-state index in [1.165, 1.54) is 38.2 Å². The smallest absolute Gasteiger partial charge is 0.255 e. The van der Waals surface area contributed by atoms with E-state index >= 15 is 0 Å². The lowest BCUT2D eigenvalue weighted by atomic mass is 10.0. The molecule has 2 heterocycles. The fourth-order valence-electron chi connectivity index (χ4n) is 2.80. The minimum absolute atomic E-state index is 0.0989. The largest absolute Gasteiger partial charge is 0.437 e. The Morgan fingerprint density at radius 2 is 1.89 bits per heavy atom. The van der Waals surface area contributed by atoms with Gasteiger partial charge in [-0.15, -0.1) is 0 Å². The molecule has 0 atom stereocenters. The van der Waals surface area contributed by atoms with E-state index in [2.05, 4.69) is 15.0 Å². The predicted molar refractivity (Wildman–Crippen MR) is 105 cm³/mol. The summed E-state index contributed by atoms with van der Waals surface area (Å²) in [5.41, 5.74) is 1.51. The van der Waals surface area contributed by atoms with E-state index in [0.29, 0.717) is 22.9 Å². The van der Waals surface area contributed by atoms with Crippen LogP contribution < -0.4 is 10.0 Å². The Morgan fingerprint density at radius 3 is 2.46 bits per heavy atom. The molecular formula is C19H20FN3O4S. The molecule has 28 heavy (non-hydrogen) atoms. The number of furan rings is 1. The van der Waals surface area contributed by atoms with Crippen LogP contribution in [0, 0.1) is 5.82 Å². The van der Waals surface area contributed by atoms with Gasteiger partial charge in [-0.1, -0.05) is 6.92 Å². The average molecular weight is 405 g/mol. The van der Waals surface area contributed by atoms with Crippen LogP contribution in [0.4, 0.5) is 10.2 Å². The van der Waals surface area contributed by atoms with Crippen LogP contribution in [-0.4, -0.2) is 32.1 Å². The number of aromatic nitrogens is 1. The molecule has 0 aliphatic carbocycles. The number of rotatable bonds is 6. The molecule has 0 spiro atoms. The van der Waals surface area contributed by atoms with Crippen molar-refractivity contribution in [3.8, 4) is 11.3 Å². The van der Waals surface area contributed by atoms with Crippen molar-refractivity contribution in [2.24, 2.45) is 0 Å². The van der Waals surface area contributed by atoms with Gasteiger partial charge in [-0.2, -0.15) is 4.98 Å². The number of sulfonamides is 1. The van der Waals surface area contributed by atoms with Gasteiger partial charge in [0.15, 0.2) is 0 Å². The van der Waals surface area contributed by atoms with Crippen molar-refractivity contribution in [1.29, 1.82) is 0 Å². The molecule has 1 aromatic carbocycles. The lowest BCUT2D eigenvalue weighted by molar-refractivity contribution is 0.0964. The van der Waals surface area contributed by atoms with Gasteiger partial charge in [0.2, 0.25) is 15.7 Å². The molecule has 7 nitrogen and oxygen atoms in total. The third-order valence-corrected chi connectivity index (χ3v) is 5.60. The minimum atomic E-state index is -3.53. The number of hydrogen-bond donors (Lipinski definition) is 2. The Bertz CT molecular complexity index is 1140. The van der Waals surface area contributed by atoms with Gasteiger partial charge in [0, 0.05) is 12.6 Å². The van der Waals surface area contributed by atoms with Gasteiger partial charge >= 0.3 is 0 Å². The number of benzene rings is 1. The topological polar surface area (TPSA) is 101 Å². The zero-order chi connectivity index (χ0) is 20.5. The number of pyridine rings is 1. The van der Waals surface area contributed by atoms with Gasteiger partial charge in [0.1, 0.15) is 17.4 Å². The molecule has 9 heteroatoms. The fourth-order valence-corrected chi connectivity index (χ4v) is 3.41. The molecule has 0 saturated carbocycles. The van der Waals surface area contributed by atoms with Crippen molar-refractivity contribution in [1.82, 2.24) is 10.3 Å². The fraction of sp³-hybridized carbons (Fsp3) is 0.263. The van der Waals surface area contributed by atoms with E-state index in [1.54, 1.807) is 6.07 Å². The zero-order valence-electron chi connectivity index (χ0n) is 15.7. The molecule has 3 aromatic rings. The Hall–Kier alpha value is -2.94. The number of carbonyl (C=O) groups is 1. The van der Waals surface area contributed by atoms with Gasteiger partial charge in [0.05, 0.1) is 16.7 Å². The summed E-state index contributed by atoms with van der Waals surface area (Å²) in [5.74, 6) is -0.495. The molecule has 3 rings (SSSR count). The molecule has 0 radical (unpaired) electrons. The highest BCUT2D eigenvalue weighted by atomic mass is 32.2. The Morgan fingerprint density at radius 1 is 1.21 bits per heavy atom. The first-order valence-corrected chi connectivity index (χ1v) is 10.4. The van der Waals surface area contributed by atoms with Gasteiger partial charge in [0.25, 0.3) is 5.91 Å². The Labute approximate surface area is 162 Å². The highest BCUT2D eigenvalue weighted by Crippen LogP contribution is 2.35. The number of nitrogens with one attached hydrogen (secondary N) is 2. The van der Waals surface area contributed by atoms with Crippen LogP contribution in [0.5, 0.6) is 0 Å². The normalized spacial score (nSPS) is 11.6. The summed E-state index contributed by atoms with van der Waals surface area (Å²) in [6.45, 7) is 3.38. The van der Waals surface area contributed by atoms with Crippen LogP contribution in [0.3, 0.4) is 0 Å². The summed E-state index contributed by atoms with van der Waals surface area (Å²) in [6, 6.07) is 7.22. The van der Waals surface area contributed by atoms with E-state index in [0.717, 1.165) is 0 Å². The van der Waals surface area contributed by atoms with Crippen molar-refractivity contribution in [2.75, 3.05) is 17.5 Å². The molecule has 0 fully saturated rings. The lowest BCUT2D eigenvalue weighted by Gasteiger charge is -2.09. The van der Waals surface area contributed by atoms with Crippen molar-refractivity contribution >= 4 is 32.8 Å². The highest BCUT2D eigenvalue weighted by Gasteiger charge is 2.24. The number of anilines is 1. The molecule has 148 valence electrons. The summed E-state index contributed by atoms with van der Waals surface area (Å²) >= 11 is 0. The number of carbonyl (C=O) groups excluding carboxylic acids is 1. The maximum absolute atomic E-state index is 13.3. The maximum Gasteiger partial charge on any atom is 0.255 e. The molecule has 0 unspecified atom stereocenters. The number of fused-ring (bicyclic) bond motifs is 1. The minimum Gasteiger partial charge on any atom is -0.437 e. The van der Waals surface area contributed by atoms with Gasteiger partial charge in [-0.25, -0.2) is 12.8 Å². The molecule has 1 amide bonds. The van der Waals surface area contributed by atoms with E-state index in [-0.39, 0.29) is 34.5 Å². The summed E-state index contributed by atoms with van der Waals surface area (Å²) in [4.78, 5) is 16.8. The first kappa shape index (κ1) is 19.8. The maximum atomic E-state index is 13.3. The average Bonchev–Trinajstić information content (AvgIpc) is 3.05. The Balaban J connectivity index is 2.27. The second-order valence-corrected chi connectivity index (χ2v) is 8.11. The molecule has 0 saturated heterocycles. The third-order valence-electron chi connectivity index (χ3n) is 4.34. The van der Waals surface area contributed by atoms with Crippen LogP contribution in [0.15, 0.2) is 34.7 Å². The lowest BCUT2D eigenvalue weighted by Crippen LogP contribution is -2.18. The number of amides is 1. The molecule has 0 aliphatic heterocycles. The van der Waals surface area contributed by atoms with Crippen LogP contribution in [0.25, 0.3) is 22.4 Å². The summed E-state index contributed by atoms with van der Waals surface area (Å²) < 4.78 is 45.5.